The molecule has 0 saturated carbocycles. The van der Waals surface area contributed by atoms with Crippen molar-refractivity contribution in [2.24, 2.45) is 0 Å². The molecular weight excluding hydrogens is 618 g/mol. The Hall–Kier alpha value is -5.09. The number of carbonyl (C=O) groups is 3. The Kier molecular flexibility index (Phi) is 12.5. The second-order valence-corrected chi connectivity index (χ2v) is 9.24. The van der Waals surface area contributed by atoms with Gasteiger partial charge in [-0.25, -0.2) is 19.4 Å². The number of aliphatic carboxylic acids is 2. The number of alkyl halides is 6. The number of halogens is 6. The first-order valence-corrected chi connectivity index (χ1v) is 12.9. The van der Waals surface area contributed by atoms with Crippen molar-refractivity contribution in [3.63, 3.8) is 0 Å². The number of carboxylic acids is 2. The van der Waals surface area contributed by atoms with Crippen molar-refractivity contribution in [3.8, 4) is 5.75 Å². The fraction of sp³-hybridized carbons (Fsp3) is 0.321. The summed E-state index contributed by atoms with van der Waals surface area (Å²) in [6.45, 7) is 4.06. The molecule has 0 amide bonds. The minimum absolute atomic E-state index is 0.129. The monoisotopic (exact) mass is 646 g/mol. The quantitative estimate of drug-likeness (QED) is 0.0932. The van der Waals surface area contributed by atoms with Gasteiger partial charge in [-0.3, -0.25) is 5.41 Å². The first-order valence-electron chi connectivity index (χ1n) is 12.9. The van der Waals surface area contributed by atoms with E-state index in [9.17, 15) is 31.1 Å². The van der Waals surface area contributed by atoms with Crippen LogP contribution in [0, 0.1) is 12.3 Å². The Morgan fingerprint density at radius 3 is 2.04 bits per heavy atom. The second-order valence-electron chi connectivity index (χ2n) is 9.24. The number of pyridine rings is 1. The van der Waals surface area contributed by atoms with E-state index >= 15 is 0 Å². The first-order chi connectivity index (χ1) is 20.9. The molecule has 2 heterocycles. The van der Waals surface area contributed by atoms with E-state index in [0.717, 1.165) is 47.8 Å². The molecule has 0 bridgehead atoms. The van der Waals surface area contributed by atoms with Gasteiger partial charge in [-0.15, -0.1) is 0 Å². The van der Waals surface area contributed by atoms with Gasteiger partial charge in [0.15, 0.2) is 0 Å². The molecule has 244 valence electrons. The smallest absolute Gasteiger partial charge is 0.490 e. The van der Waals surface area contributed by atoms with E-state index in [1.165, 1.54) is 0 Å². The summed E-state index contributed by atoms with van der Waals surface area (Å²) < 4.78 is 74.5. The highest BCUT2D eigenvalue weighted by atomic mass is 19.4. The molecule has 45 heavy (non-hydrogen) atoms. The number of ether oxygens (including phenoxy) is 2. The Labute approximate surface area is 251 Å². The number of aryl methyl sites for hydroxylation is 1. The molecule has 0 spiro atoms. The zero-order valence-electron chi connectivity index (χ0n) is 23.5. The number of benzene rings is 2. The molecule has 1 aliphatic heterocycles. The van der Waals surface area contributed by atoms with Crippen LogP contribution in [0.4, 0.5) is 32.2 Å². The lowest BCUT2D eigenvalue weighted by Gasteiger charge is -2.19. The molecule has 1 saturated heterocycles. The van der Waals surface area contributed by atoms with E-state index in [-0.39, 0.29) is 13.2 Å². The first kappa shape index (κ1) is 36.1. The third kappa shape index (κ3) is 11.2. The number of anilines is 1. The number of amidine groups is 1. The maximum absolute atomic E-state index is 12.5. The highest BCUT2D eigenvalue weighted by Gasteiger charge is 2.38. The highest BCUT2D eigenvalue weighted by molar-refractivity contribution is 5.98. The van der Waals surface area contributed by atoms with Gasteiger partial charge in [0.25, 0.3) is 0 Å². The number of carboxylic acid groups (broad SMARTS) is 2. The summed E-state index contributed by atoms with van der Waals surface area (Å²) in [6.07, 6.45) is -6.25. The molecule has 0 atom stereocenters. The van der Waals surface area contributed by atoms with Crippen LogP contribution in [0.1, 0.15) is 34.3 Å². The summed E-state index contributed by atoms with van der Waals surface area (Å²) in [7, 11) is 0. The van der Waals surface area contributed by atoms with Crippen LogP contribution in [0.5, 0.6) is 5.75 Å². The maximum atomic E-state index is 12.5. The van der Waals surface area contributed by atoms with Crippen LogP contribution in [0.25, 0.3) is 10.8 Å². The maximum Gasteiger partial charge on any atom is 0.490 e. The summed E-state index contributed by atoms with van der Waals surface area (Å²) in [4.78, 5) is 36.4. The summed E-state index contributed by atoms with van der Waals surface area (Å²) in [5.41, 5.74) is 8.03. The number of carbonyl (C=O) groups excluding carboxylic acids is 1. The SMILES string of the molecule is Cc1cc(C(=N)N2CCCC2)ccc1C(=O)OCCOc1ccc2ccnc(N)c2c1.O=C(O)C(F)(F)F.O=C(O)C(F)(F)F. The molecule has 17 heteroatoms. The number of aromatic nitrogens is 1. The van der Waals surface area contributed by atoms with Crippen LogP contribution >= 0.6 is 0 Å². The van der Waals surface area contributed by atoms with E-state index in [0.29, 0.717) is 23.0 Å². The van der Waals surface area contributed by atoms with Gasteiger partial charge in [0.1, 0.15) is 30.6 Å². The number of nitrogens with two attached hydrogens (primary N) is 1. The summed E-state index contributed by atoms with van der Waals surface area (Å²) in [5.74, 6) is -4.30. The number of hydrogen-bond acceptors (Lipinski definition) is 8. The van der Waals surface area contributed by atoms with Crippen LogP contribution in [0.3, 0.4) is 0 Å². The van der Waals surface area contributed by atoms with E-state index < -0.39 is 30.3 Å². The molecule has 3 aromatic rings. The topological polar surface area (TPSA) is 176 Å². The van der Waals surface area contributed by atoms with Gasteiger partial charge in [0, 0.05) is 30.2 Å². The van der Waals surface area contributed by atoms with E-state index in [4.69, 9.17) is 40.4 Å². The van der Waals surface area contributed by atoms with Gasteiger partial charge in [0.05, 0.1) is 5.56 Å². The number of nitrogen functional groups attached to an aromatic ring is 1. The number of esters is 1. The Morgan fingerprint density at radius 2 is 1.51 bits per heavy atom. The van der Waals surface area contributed by atoms with E-state index in [2.05, 4.69) is 9.88 Å². The lowest BCUT2D eigenvalue weighted by molar-refractivity contribution is -0.193. The van der Waals surface area contributed by atoms with Crippen LogP contribution in [-0.4, -0.2) is 82.5 Å². The average molecular weight is 647 g/mol. The van der Waals surface area contributed by atoms with Crippen molar-refractivity contribution in [1.29, 1.82) is 5.41 Å². The van der Waals surface area contributed by atoms with Gasteiger partial charge >= 0.3 is 30.3 Å². The molecule has 11 nitrogen and oxygen atoms in total. The molecule has 5 N–H and O–H groups in total. The van der Waals surface area contributed by atoms with Crippen LogP contribution in [0.15, 0.2) is 48.7 Å². The summed E-state index contributed by atoms with van der Waals surface area (Å²) >= 11 is 0. The number of likely N-dealkylation sites (tertiary alicyclic amines) is 1. The predicted octanol–water partition coefficient (Wildman–Crippen LogP) is 5.05. The van der Waals surface area contributed by atoms with Gasteiger partial charge in [-0.1, -0.05) is 12.1 Å². The van der Waals surface area contributed by atoms with Crippen molar-refractivity contribution in [2.45, 2.75) is 32.1 Å². The standard InChI is InChI=1S/C24H26N4O3.2C2HF3O2/c1-16-14-18(23(26)28-10-2-3-11-28)5-7-20(16)24(29)31-13-12-30-19-6-4-17-8-9-27-22(25)21(17)15-19;2*3-2(4,5)1(6)7/h4-9,14-15,26H,2-3,10-13H2,1H3,(H2,25,27);2*(H,6,7). The number of nitrogens with zero attached hydrogens (tertiary/aromatic N) is 2. The van der Waals surface area contributed by atoms with Crippen molar-refractivity contribution < 1.29 is 60.4 Å². The average Bonchev–Trinajstić information content (AvgIpc) is 3.50. The molecular formula is C28H28F6N4O7. The summed E-state index contributed by atoms with van der Waals surface area (Å²) in [5, 5.41) is 24.4. The minimum atomic E-state index is -5.08. The van der Waals surface area contributed by atoms with E-state index in [1.807, 2.05) is 43.3 Å². The molecule has 0 aliphatic carbocycles. The Bertz CT molecular complexity index is 1500. The van der Waals surface area contributed by atoms with Gasteiger partial charge in [-0.2, -0.15) is 26.3 Å². The summed E-state index contributed by atoms with van der Waals surface area (Å²) in [6, 6.07) is 12.9. The minimum Gasteiger partial charge on any atom is -0.490 e. The van der Waals surface area contributed by atoms with Crippen molar-refractivity contribution in [2.75, 3.05) is 32.0 Å². The lowest BCUT2D eigenvalue weighted by Crippen LogP contribution is -2.27. The fourth-order valence-electron chi connectivity index (χ4n) is 3.79. The predicted molar refractivity (Wildman–Crippen MR) is 148 cm³/mol. The third-order valence-electron chi connectivity index (χ3n) is 5.98. The molecule has 1 aromatic heterocycles. The number of rotatable bonds is 6. The fourth-order valence-corrected chi connectivity index (χ4v) is 3.79. The zero-order chi connectivity index (χ0) is 33.9. The van der Waals surface area contributed by atoms with Gasteiger partial charge in [0.2, 0.25) is 0 Å². The highest BCUT2D eigenvalue weighted by Crippen LogP contribution is 2.24. The molecule has 2 aromatic carbocycles. The molecule has 1 aliphatic rings. The van der Waals surface area contributed by atoms with Crippen molar-refractivity contribution >= 4 is 40.3 Å². The third-order valence-corrected chi connectivity index (χ3v) is 5.98. The zero-order valence-corrected chi connectivity index (χ0v) is 23.5. The lowest BCUT2D eigenvalue weighted by atomic mass is 10.0. The largest absolute Gasteiger partial charge is 0.490 e. The van der Waals surface area contributed by atoms with E-state index in [1.54, 1.807) is 12.3 Å². The second kappa shape index (κ2) is 15.6. The van der Waals surface area contributed by atoms with Crippen LogP contribution in [-0.2, 0) is 14.3 Å². The number of fused-ring (bicyclic) bond motifs is 1. The number of hydrogen-bond donors (Lipinski definition) is 4. The molecule has 4 rings (SSSR count). The van der Waals surface area contributed by atoms with Gasteiger partial charge in [-0.05, 0) is 61.0 Å². The Morgan fingerprint density at radius 1 is 0.933 bits per heavy atom. The molecule has 0 unspecified atom stereocenters. The van der Waals surface area contributed by atoms with Gasteiger partial charge < -0.3 is 30.3 Å². The normalized spacial score (nSPS) is 12.7. The van der Waals surface area contributed by atoms with Crippen molar-refractivity contribution in [3.05, 3.63) is 65.4 Å². The Balaban J connectivity index is 0.000000421. The molecule has 0 radical (unpaired) electrons. The van der Waals surface area contributed by atoms with Crippen LogP contribution in [0.2, 0.25) is 0 Å². The van der Waals surface area contributed by atoms with Crippen molar-refractivity contribution in [1.82, 2.24) is 9.88 Å². The number of nitrogens with one attached hydrogen (secondary N) is 1. The molecule has 1 fully saturated rings. The van der Waals surface area contributed by atoms with Crippen LogP contribution < -0.4 is 10.5 Å².